The van der Waals surface area contributed by atoms with E-state index in [9.17, 15) is 0 Å². The summed E-state index contributed by atoms with van der Waals surface area (Å²) in [6.07, 6.45) is 4.39. The van der Waals surface area contributed by atoms with Crippen molar-refractivity contribution in [2.75, 3.05) is 14.1 Å². The van der Waals surface area contributed by atoms with Crippen LogP contribution in [-0.2, 0) is 0 Å². The third kappa shape index (κ3) is 2.81. The minimum Gasteiger partial charge on any atom is -0.302 e. The lowest BCUT2D eigenvalue weighted by Crippen LogP contribution is -2.19. The Morgan fingerprint density at radius 3 is 2.50 bits per heavy atom. The molecule has 2 nitrogen and oxygen atoms in total. The number of nitrogens with zero attached hydrogens (tertiary/aromatic N) is 2. The van der Waals surface area contributed by atoms with Gasteiger partial charge in [-0.25, -0.2) is 0 Å². The van der Waals surface area contributed by atoms with Gasteiger partial charge in [-0.15, -0.1) is 0 Å². The largest absolute Gasteiger partial charge is 0.302 e. The van der Waals surface area contributed by atoms with E-state index in [1.807, 2.05) is 13.1 Å². The highest BCUT2D eigenvalue weighted by Gasteiger charge is 2.12. The number of pyridine rings is 1. The highest BCUT2D eigenvalue weighted by molar-refractivity contribution is 5.17. The molecule has 78 valence electrons. The van der Waals surface area contributed by atoms with Gasteiger partial charge in [0.1, 0.15) is 0 Å². The van der Waals surface area contributed by atoms with Crippen molar-refractivity contribution in [2.45, 2.75) is 32.7 Å². The molecule has 0 saturated carbocycles. The molecule has 2 heteroatoms. The smallest absolute Gasteiger partial charge is 0.0372 e. The van der Waals surface area contributed by atoms with Crippen molar-refractivity contribution in [3.63, 3.8) is 0 Å². The van der Waals surface area contributed by atoms with Gasteiger partial charge in [0.25, 0.3) is 0 Å². The Kier molecular flexibility index (Phi) is 4.08. The van der Waals surface area contributed by atoms with Crippen molar-refractivity contribution < 1.29 is 0 Å². The lowest BCUT2D eigenvalue weighted by molar-refractivity contribution is 0.281. The molecule has 0 aromatic carbocycles. The number of hydrogen-bond donors (Lipinski definition) is 0. The van der Waals surface area contributed by atoms with Gasteiger partial charge < -0.3 is 4.90 Å². The highest BCUT2D eigenvalue weighted by Crippen LogP contribution is 2.22. The van der Waals surface area contributed by atoms with Crippen LogP contribution in [0.15, 0.2) is 18.3 Å². The Balaban J connectivity index is 2.82. The van der Waals surface area contributed by atoms with Gasteiger partial charge in [0, 0.05) is 17.9 Å². The third-order valence-corrected chi connectivity index (χ3v) is 2.50. The topological polar surface area (TPSA) is 16.1 Å². The molecule has 0 aliphatic carbocycles. The van der Waals surface area contributed by atoms with Crippen LogP contribution in [0, 0.1) is 6.92 Å². The fraction of sp³-hybridized carbons (Fsp3) is 0.583. The van der Waals surface area contributed by atoms with E-state index in [0.29, 0.717) is 6.04 Å². The summed E-state index contributed by atoms with van der Waals surface area (Å²) in [5, 5.41) is 0. The molecular weight excluding hydrogens is 172 g/mol. The van der Waals surface area contributed by atoms with E-state index in [4.69, 9.17) is 0 Å². The SMILES string of the molecule is CCC[C@@H](c1ccc(C)nc1)N(C)C. The lowest BCUT2D eigenvalue weighted by atomic mass is 10.0. The van der Waals surface area contributed by atoms with E-state index in [0.717, 1.165) is 5.69 Å². The van der Waals surface area contributed by atoms with E-state index in [-0.39, 0.29) is 0 Å². The number of aryl methyl sites for hydroxylation is 1. The van der Waals surface area contributed by atoms with Crippen LogP contribution in [0.4, 0.5) is 0 Å². The van der Waals surface area contributed by atoms with Gasteiger partial charge in [0.2, 0.25) is 0 Å². The van der Waals surface area contributed by atoms with Crippen LogP contribution in [0.5, 0.6) is 0 Å². The normalized spacial score (nSPS) is 13.2. The fourth-order valence-corrected chi connectivity index (χ4v) is 1.67. The lowest BCUT2D eigenvalue weighted by Gasteiger charge is -2.23. The monoisotopic (exact) mass is 192 g/mol. The number of aromatic nitrogens is 1. The zero-order chi connectivity index (χ0) is 10.6. The molecule has 0 aliphatic rings. The maximum Gasteiger partial charge on any atom is 0.0372 e. The zero-order valence-electron chi connectivity index (χ0n) is 9.62. The average molecular weight is 192 g/mol. The number of rotatable bonds is 4. The molecule has 1 atom stereocenters. The van der Waals surface area contributed by atoms with E-state index in [1.54, 1.807) is 0 Å². The first kappa shape index (κ1) is 11.2. The summed E-state index contributed by atoms with van der Waals surface area (Å²) in [5.74, 6) is 0. The molecule has 1 heterocycles. The summed E-state index contributed by atoms with van der Waals surface area (Å²) in [6, 6.07) is 4.78. The fourth-order valence-electron chi connectivity index (χ4n) is 1.67. The van der Waals surface area contributed by atoms with Crippen LogP contribution < -0.4 is 0 Å². The van der Waals surface area contributed by atoms with Crippen molar-refractivity contribution in [2.24, 2.45) is 0 Å². The van der Waals surface area contributed by atoms with Gasteiger partial charge in [0.05, 0.1) is 0 Å². The molecule has 0 fully saturated rings. The molecule has 1 rings (SSSR count). The Morgan fingerprint density at radius 2 is 2.07 bits per heavy atom. The van der Waals surface area contributed by atoms with Crippen molar-refractivity contribution in [1.82, 2.24) is 9.88 Å². The minimum atomic E-state index is 0.507. The van der Waals surface area contributed by atoms with E-state index >= 15 is 0 Å². The van der Waals surface area contributed by atoms with E-state index in [1.165, 1.54) is 18.4 Å². The Morgan fingerprint density at radius 1 is 1.36 bits per heavy atom. The van der Waals surface area contributed by atoms with Gasteiger partial charge in [-0.05, 0) is 39.1 Å². The minimum absolute atomic E-state index is 0.507. The van der Waals surface area contributed by atoms with Crippen LogP contribution in [0.25, 0.3) is 0 Å². The van der Waals surface area contributed by atoms with Crippen LogP contribution >= 0.6 is 0 Å². The summed E-state index contributed by atoms with van der Waals surface area (Å²) < 4.78 is 0. The second-order valence-electron chi connectivity index (χ2n) is 4.00. The maximum atomic E-state index is 4.34. The molecular formula is C12H20N2. The third-order valence-electron chi connectivity index (χ3n) is 2.50. The van der Waals surface area contributed by atoms with Gasteiger partial charge >= 0.3 is 0 Å². The van der Waals surface area contributed by atoms with Crippen molar-refractivity contribution in [1.29, 1.82) is 0 Å². The molecule has 14 heavy (non-hydrogen) atoms. The molecule has 1 aromatic rings. The predicted octanol–water partition coefficient (Wildman–Crippen LogP) is 2.79. The second kappa shape index (κ2) is 5.11. The molecule has 0 N–H and O–H groups in total. The molecule has 0 saturated heterocycles. The Labute approximate surface area is 87.0 Å². The van der Waals surface area contributed by atoms with E-state index < -0.39 is 0 Å². The number of hydrogen-bond acceptors (Lipinski definition) is 2. The summed E-state index contributed by atoms with van der Waals surface area (Å²) in [6.45, 7) is 4.24. The van der Waals surface area contributed by atoms with Crippen molar-refractivity contribution in [3.05, 3.63) is 29.6 Å². The quantitative estimate of drug-likeness (QED) is 0.729. The summed E-state index contributed by atoms with van der Waals surface area (Å²) in [4.78, 5) is 6.60. The standard InChI is InChI=1S/C12H20N2/c1-5-6-12(14(3)4)11-8-7-10(2)13-9-11/h7-9,12H,5-6H2,1-4H3/t12-/m0/s1. The summed E-state index contributed by atoms with van der Waals surface area (Å²) in [7, 11) is 4.25. The molecule has 0 unspecified atom stereocenters. The molecule has 0 radical (unpaired) electrons. The second-order valence-corrected chi connectivity index (χ2v) is 4.00. The molecule has 0 spiro atoms. The molecule has 0 aliphatic heterocycles. The van der Waals surface area contributed by atoms with Crippen molar-refractivity contribution in [3.8, 4) is 0 Å². The zero-order valence-corrected chi connectivity index (χ0v) is 9.62. The first-order chi connectivity index (χ1) is 6.65. The van der Waals surface area contributed by atoms with Crippen LogP contribution in [0.2, 0.25) is 0 Å². The first-order valence-corrected chi connectivity index (χ1v) is 5.24. The van der Waals surface area contributed by atoms with Gasteiger partial charge in [-0.1, -0.05) is 19.4 Å². The maximum absolute atomic E-state index is 4.34. The van der Waals surface area contributed by atoms with E-state index in [2.05, 4.69) is 43.0 Å². The summed E-state index contributed by atoms with van der Waals surface area (Å²) in [5.41, 5.74) is 2.41. The molecule has 1 aromatic heterocycles. The Hall–Kier alpha value is -0.890. The Bertz CT molecular complexity index is 264. The molecule has 0 bridgehead atoms. The van der Waals surface area contributed by atoms with Gasteiger partial charge in [-0.3, -0.25) is 4.98 Å². The summed E-state index contributed by atoms with van der Waals surface area (Å²) >= 11 is 0. The predicted molar refractivity (Wildman–Crippen MR) is 60.3 cm³/mol. The molecule has 0 amide bonds. The highest BCUT2D eigenvalue weighted by atomic mass is 15.1. The van der Waals surface area contributed by atoms with Crippen LogP contribution in [0.3, 0.4) is 0 Å². The van der Waals surface area contributed by atoms with Gasteiger partial charge in [0.15, 0.2) is 0 Å². The first-order valence-electron chi connectivity index (χ1n) is 5.24. The van der Waals surface area contributed by atoms with Gasteiger partial charge in [-0.2, -0.15) is 0 Å². The van der Waals surface area contributed by atoms with Crippen LogP contribution in [-0.4, -0.2) is 24.0 Å². The van der Waals surface area contributed by atoms with Crippen LogP contribution in [0.1, 0.15) is 37.1 Å². The van der Waals surface area contributed by atoms with Crippen molar-refractivity contribution >= 4 is 0 Å². The average Bonchev–Trinajstić information content (AvgIpc) is 2.15.